The maximum atomic E-state index is 11.7. The zero-order valence-electron chi connectivity index (χ0n) is 10.9. The van der Waals surface area contributed by atoms with Crippen molar-refractivity contribution in [1.82, 2.24) is 15.4 Å². The number of aliphatic carboxylic acids is 1. The number of hydrogen-bond donors (Lipinski definition) is 2. The summed E-state index contributed by atoms with van der Waals surface area (Å²) in [6.07, 6.45) is 0. The molecule has 0 bridgehead atoms. The van der Waals surface area contributed by atoms with Crippen molar-refractivity contribution in [3.05, 3.63) is 17.5 Å². The topological polar surface area (TPSA) is 95.7 Å². The number of nitrogens with zero attached hydrogens (tertiary/aromatic N) is 2. The van der Waals surface area contributed by atoms with Crippen LogP contribution in [0.3, 0.4) is 0 Å². The molecule has 1 aromatic rings. The van der Waals surface area contributed by atoms with Gasteiger partial charge in [-0.25, -0.2) is 4.79 Å². The zero-order valence-corrected chi connectivity index (χ0v) is 10.9. The second kappa shape index (κ2) is 5.29. The molecule has 19 heavy (non-hydrogen) atoms. The van der Waals surface area contributed by atoms with Gasteiger partial charge in [-0.3, -0.25) is 4.79 Å². The standard InChI is InChI=1S/C12H17N3O4/c1-7-3-10(19-14-7)4-13-12(18)15-5-9(6-15)8(2)11(16)17/h3,8-9H,4-6H2,1-2H3,(H,13,18)(H,16,17). The highest BCUT2D eigenvalue weighted by atomic mass is 16.5. The van der Waals surface area contributed by atoms with Crippen molar-refractivity contribution in [3.63, 3.8) is 0 Å². The van der Waals surface area contributed by atoms with E-state index >= 15 is 0 Å². The Kier molecular flexibility index (Phi) is 3.73. The van der Waals surface area contributed by atoms with Crippen molar-refractivity contribution in [2.24, 2.45) is 11.8 Å². The van der Waals surface area contributed by atoms with Gasteiger partial charge >= 0.3 is 12.0 Å². The molecule has 7 heteroatoms. The number of aromatic nitrogens is 1. The molecule has 2 heterocycles. The van der Waals surface area contributed by atoms with Crippen LogP contribution in [-0.2, 0) is 11.3 Å². The van der Waals surface area contributed by atoms with Gasteiger partial charge in [0.1, 0.15) is 0 Å². The lowest BCUT2D eigenvalue weighted by Gasteiger charge is -2.40. The highest BCUT2D eigenvalue weighted by Gasteiger charge is 2.37. The summed E-state index contributed by atoms with van der Waals surface area (Å²) in [6, 6.07) is 1.55. The molecule has 7 nitrogen and oxygen atoms in total. The van der Waals surface area contributed by atoms with Crippen LogP contribution in [0.25, 0.3) is 0 Å². The number of aryl methyl sites for hydroxylation is 1. The number of urea groups is 1. The first kappa shape index (κ1) is 13.4. The number of rotatable bonds is 4. The molecule has 1 aliphatic heterocycles. The summed E-state index contributed by atoms with van der Waals surface area (Å²) in [5, 5.41) is 15.3. The lowest BCUT2D eigenvalue weighted by Crippen LogP contribution is -2.56. The molecule has 0 radical (unpaired) electrons. The molecule has 1 fully saturated rings. The number of carbonyl (C=O) groups excluding carboxylic acids is 1. The summed E-state index contributed by atoms with van der Waals surface area (Å²) < 4.78 is 4.98. The van der Waals surface area contributed by atoms with E-state index in [-0.39, 0.29) is 18.5 Å². The zero-order chi connectivity index (χ0) is 14.0. The van der Waals surface area contributed by atoms with Gasteiger partial charge in [-0.1, -0.05) is 12.1 Å². The molecule has 0 aliphatic carbocycles. The average Bonchev–Trinajstić information content (AvgIpc) is 2.70. The molecule has 2 N–H and O–H groups in total. The summed E-state index contributed by atoms with van der Waals surface area (Å²) in [4.78, 5) is 24.1. The maximum Gasteiger partial charge on any atom is 0.317 e. The number of carboxylic acids is 1. The van der Waals surface area contributed by atoms with E-state index in [4.69, 9.17) is 9.63 Å². The average molecular weight is 267 g/mol. The van der Waals surface area contributed by atoms with Gasteiger partial charge in [-0.05, 0) is 6.92 Å². The van der Waals surface area contributed by atoms with Crippen LogP contribution >= 0.6 is 0 Å². The van der Waals surface area contributed by atoms with E-state index in [9.17, 15) is 9.59 Å². The monoisotopic (exact) mass is 267 g/mol. The van der Waals surface area contributed by atoms with E-state index < -0.39 is 11.9 Å². The van der Waals surface area contributed by atoms with Gasteiger partial charge in [0.25, 0.3) is 0 Å². The summed E-state index contributed by atoms with van der Waals surface area (Å²) in [6.45, 7) is 4.72. The van der Waals surface area contributed by atoms with Crippen LogP contribution in [-0.4, -0.2) is 40.3 Å². The van der Waals surface area contributed by atoms with Gasteiger partial charge in [0.2, 0.25) is 0 Å². The Labute approximate surface area is 110 Å². The van der Waals surface area contributed by atoms with Crippen molar-refractivity contribution >= 4 is 12.0 Å². The minimum Gasteiger partial charge on any atom is -0.481 e. The predicted octanol–water partition coefficient (Wildman–Crippen LogP) is 0.845. The number of nitrogens with one attached hydrogen (secondary N) is 1. The smallest absolute Gasteiger partial charge is 0.317 e. The molecule has 2 amide bonds. The normalized spacial score (nSPS) is 16.8. The van der Waals surface area contributed by atoms with Gasteiger partial charge in [-0.2, -0.15) is 0 Å². The van der Waals surface area contributed by atoms with Crippen LogP contribution in [0, 0.1) is 18.8 Å². The van der Waals surface area contributed by atoms with Crippen molar-refractivity contribution < 1.29 is 19.2 Å². The van der Waals surface area contributed by atoms with Crippen LogP contribution in [0.15, 0.2) is 10.6 Å². The van der Waals surface area contributed by atoms with Crippen molar-refractivity contribution in [2.45, 2.75) is 20.4 Å². The Balaban J connectivity index is 1.73. The van der Waals surface area contributed by atoms with Gasteiger partial charge < -0.3 is 19.8 Å². The Morgan fingerprint density at radius 2 is 2.32 bits per heavy atom. The van der Waals surface area contributed by atoms with E-state index in [0.717, 1.165) is 5.69 Å². The third kappa shape index (κ3) is 3.04. The second-order valence-electron chi connectivity index (χ2n) is 4.89. The number of carbonyl (C=O) groups is 2. The second-order valence-corrected chi connectivity index (χ2v) is 4.89. The quantitative estimate of drug-likeness (QED) is 0.843. The molecular formula is C12H17N3O4. The lowest BCUT2D eigenvalue weighted by molar-refractivity contribution is -0.144. The number of amides is 2. The number of carboxylic acid groups (broad SMARTS) is 1. The van der Waals surface area contributed by atoms with Crippen molar-refractivity contribution in [2.75, 3.05) is 13.1 Å². The highest BCUT2D eigenvalue weighted by Crippen LogP contribution is 2.23. The van der Waals surface area contributed by atoms with Gasteiger partial charge in [-0.15, -0.1) is 0 Å². The molecule has 1 aliphatic rings. The minimum atomic E-state index is -0.817. The highest BCUT2D eigenvalue weighted by molar-refractivity contribution is 5.76. The number of hydrogen-bond acceptors (Lipinski definition) is 4. The first-order valence-corrected chi connectivity index (χ1v) is 6.15. The van der Waals surface area contributed by atoms with Gasteiger partial charge in [0.15, 0.2) is 5.76 Å². The molecule has 104 valence electrons. The molecule has 1 unspecified atom stereocenters. The lowest BCUT2D eigenvalue weighted by atomic mass is 9.87. The fourth-order valence-electron chi connectivity index (χ4n) is 1.97. The largest absolute Gasteiger partial charge is 0.481 e. The summed E-state index contributed by atoms with van der Waals surface area (Å²) in [5.41, 5.74) is 0.767. The Morgan fingerprint density at radius 1 is 1.63 bits per heavy atom. The predicted molar refractivity (Wildman–Crippen MR) is 65.3 cm³/mol. The third-order valence-corrected chi connectivity index (χ3v) is 3.38. The molecule has 1 atom stereocenters. The summed E-state index contributed by atoms with van der Waals surface area (Å²) >= 11 is 0. The first-order chi connectivity index (χ1) is 8.97. The minimum absolute atomic E-state index is 0.0378. The summed E-state index contributed by atoms with van der Waals surface area (Å²) in [5.74, 6) is -0.597. The summed E-state index contributed by atoms with van der Waals surface area (Å²) in [7, 11) is 0. The van der Waals surface area contributed by atoms with E-state index in [0.29, 0.717) is 18.8 Å². The molecule has 0 aromatic carbocycles. The van der Waals surface area contributed by atoms with E-state index in [2.05, 4.69) is 10.5 Å². The number of likely N-dealkylation sites (tertiary alicyclic amines) is 1. The van der Waals surface area contributed by atoms with Gasteiger partial charge in [0, 0.05) is 25.1 Å². The molecule has 2 rings (SSSR count). The fraction of sp³-hybridized carbons (Fsp3) is 0.583. The maximum absolute atomic E-state index is 11.7. The fourth-order valence-corrected chi connectivity index (χ4v) is 1.97. The van der Waals surface area contributed by atoms with E-state index in [1.165, 1.54) is 0 Å². The van der Waals surface area contributed by atoms with Crippen LogP contribution in [0.1, 0.15) is 18.4 Å². The SMILES string of the molecule is Cc1cc(CNC(=O)N2CC(C(C)C(=O)O)C2)on1. The van der Waals surface area contributed by atoms with E-state index in [1.807, 2.05) is 6.92 Å². The van der Waals surface area contributed by atoms with Crippen LogP contribution in [0.5, 0.6) is 0 Å². The molecule has 0 saturated carbocycles. The molecule has 1 aromatic heterocycles. The Morgan fingerprint density at radius 3 is 2.84 bits per heavy atom. The molecule has 0 spiro atoms. The van der Waals surface area contributed by atoms with Crippen LogP contribution in [0.4, 0.5) is 4.79 Å². The Hall–Kier alpha value is -2.05. The van der Waals surface area contributed by atoms with Crippen LogP contribution < -0.4 is 5.32 Å². The third-order valence-electron chi connectivity index (χ3n) is 3.38. The Bertz CT molecular complexity index is 479. The van der Waals surface area contributed by atoms with Crippen molar-refractivity contribution in [1.29, 1.82) is 0 Å². The van der Waals surface area contributed by atoms with Crippen molar-refractivity contribution in [3.8, 4) is 0 Å². The van der Waals surface area contributed by atoms with E-state index in [1.54, 1.807) is 17.9 Å². The molecular weight excluding hydrogens is 250 g/mol. The molecule has 1 saturated heterocycles. The first-order valence-electron chi connectivity index (χ1n) is 6.15. The van der Waals surface area contributed by atoms with Gasteiger partial charge in [0.05, 0.1) is 18.2 Å². The van der Waals surface area contributed by atoms with Crippen LogP contribution in [0.2, 0.25) is 0 Å².